The molecule has 1 atom stereocenters. The van der Waals surface area contributed by atoms with Crippen LogP contribution in [-0.2, 0) is 0 Å². The molecule has 0 aliphatic carbocycles. The second kappa shape index (κ2) is 6.18. The van der Waals surface area contributed by atoms with Crippen LogP contribution in [0.15, 0.2) is 36.4 Å². The molecule has 0 amide bonds. The highest BCUT2D eigenvalue weighted by Gasteiger charge is 2.39. The van der Waals surface area contributed by atoms with Crippen molar-refractivity contribution >= 4 is 0 Å². The topological polar surface area (TPSA) is 51.6 Å². The third-order valence-electron chi connectivity index (χ3n) is 2.72. The van der Waals surface area contributed by atoms with Crippen LogP contribution in [0.3, 0.4) is 0 Å². The van der Waals surface area contributed by atoms with Crippen LogP contribution in [0, 0.1) is 5.95 Å². The number of nitrogens with zero attached hydrogens (tertiary/aromatic N) is 1. The van der Waals surface area contributed by atoms with Crippen molar-refractivity contribution in [2.75, 3.05) is 7.11 Å². The number of hydrogen-bond acceptors (Lipinski definition) is 4. The number of aliphatic hydroxyl groups is 1. The first kappa shape index (κ1) is 16.0. The second-order valence-electron chi connectivity index (χ2n) is 4.26. The number of methoxy groups -OCH3 is 1. The van der Waals surface area contributed by atoms with Crippen LogP contribution in [-0.4, -0.2) is 23.4 Å². The largest absolute Gasteiger partial charge is 0.493 e. The molecule has 0 aliphatic rings. The Morgan fingerprint density at radius 3 is 2.45 bits per heavy atom. The Labute approximate surface area is 122 Å². The van der Waals surface area contributed by atoms with Gasteiger partial charge in [0.1, 0.15) is 0 Å². The molecule has 0 saturated carbocycles. The summed E-state index contributed by atoms with van der Waals surface area (Å²) in [5.74, 6) is -0.853. The van der Waals surface area contributed by atoms with Gasteiger partial charge < -0.3 is 14.6 Å². The number of ether oxygens (including phenoxy) is 2. The highest BCUT2D eigenvalue weighted by Crippen LogP contribution is 2.38. The number of aromatic nitrogens is 1. The van der Waals surface area contributed by atoms with Crippen LogP contribution < -0.4 is 9.47 Å². The van der Waals surface area contributed by atoms with Crippen molar-refractivity contribution in [2.45, 2.75) is 12.3 Å². The Morgan fingerprint density at radius 2 is 1.86 bits per heavy atom. The monoisotopic (exact) mass is 317 g/mol. The van der Waals surface area contributed by atoms with E-state index >= 15 is 0 Å². The molecule has 0 bridgehead atoms. The molecule has 2 aromatic rings. The molecule has 0 aliphatic heterocycles. The van der Waals surface area contributed by atoms with Gasteiger partial charge in [-0.05, 0) is 23.8 Å². The zero-order chi connectivity index (χ0) is 16.3. The Bertz CT molecular complexity index is 661. The van der Waals surface area contributed by atoms with E-state index in [1.807, 2.05) is 0 Å². The molecule has 0 saturated heterocycles. The van der Waals surface area contributed by atoms with Crippen molar-refractivity contribution in [3.8, 4) is 17.4 Å². The zero-order valence-corrected chi connectivity index (χ0v) is 11.3. The Balaban J connectivity index is 2.30. The van der Waals surface area contributed by atoms with Crippen LogP contribution in [0.4, 0.5) is 17.6 Å². The van der Waals surface area contributed by atoms with E-state index in [4.69, 9.17) is 9.47 Å². The Hall–Kier alpha value is -2.35. The molecule has 8 heteroatoms. The fraction of sp³-hybridized carbons (Fsp3) is 0.214. The van der Waals surface area contributed by atoms with E-state index < -0.39 is 23.8 Å². The summed E-state index contributed by atoms with van der Waals surface area (Å²) in [6.45, 7) is 0. The second-order valence-corrected chi connectivity index (χ2v) is 4.26. The number of aliphatic hydroxyl groups excluding tert-OH is 1. The third kappa shape index (κ3) is 3.64. The van der Waals surface area contributed by atoms with Crippen molar-refractivity contribution < 1.29 is 32.1 Å². The normalized spacial score (nSPS) is 12.8. The van der Waals surface area contributed by atoms with Gasteiger partial charge in [0.05, 0.1) is 7.11 Å². The quantitative estimate of drug-likeness (QED) is 0.691. The molecule has 118 valence electrons. The molecule has 4 nitrogen and oxygen atoms in total. The highest BCUT2D eigenvalue weighted by molar-refractivity contribution is 5.45. The van der Waals surface area contributed by atoms with Gasteiger partial charge in [0, 0.05) is 6.07 Å². The van der Waals surface area contributed by atoms with E-state index in [0.29, 0.717) is 0 Å². The van der Waals surface area contributed by atoms with E-state index in [1.165, 1.54) is 25.3 Å². The maximum absolute atomic E-state index is 13.0. The van der Waals surface area contributed by atoms with Crippen molar-refractivity contribution in [1.29, 1.82) is 0 Å². The third-order valence-corrected chi connectivity index (χ3v) is 2.72. The van der Waals surface area contributed by atoms with Gasteiger partial charge in [0.15, 0.2) is 17.6 Å². The predicted octanol–water partition coefficient (Wildman–Crippen LogP) is 3.62. The number of alkyl halides is 3. The molecule has 1 unspecified atom stereocenters. The maximum atomic E-state index is 13.0. The Kier molecular flexibility index (Phi) is 4.51. The van der Waals surface area contributed by atoms with Crippen molar-refractivity contribution in [3.05, 3.63) is 47.9 Å². The molecule has 1 N–H and O–H groups in total. The molecule has 22 heavy (non-hydrogen) atoms. The van der Waals surface area contributed by atoms with Gasteiger partial charge in [0.25, 0.3) is 0 Å². The van der Waals surface area contributed by atoms with E-state index in [-0.39, 0.29) is 17.4 Å². The number of rotatable bonds is 4. The average Bonchev–Trinajstić information content (AvgIpc) is 2.46. The first-order valence-electron chi connectivity index (χ1n) is 6.04. The number of pyridine rings is 1. The molecular formula is C14H11F4NO3. The zero-order valence-electron chi connectivity index (χ0n) is 11.3. The highest BCUT2D eigenvalue weighted by atomic mass is 19.4. The lowest BCUT2D eigenvalue weighted by Crippen LogP contribution is -2.20. The maximum Gasteiger partial charge on any atom is 0.418 e. The summed E-state index contributed by atoms with van der Waals surface area (Å²) in [6.07, 6.45) is -7.43. The van der Waals surface area contributed by atoms with Gasteiger partial charge in [-0.25, -0.2) is 0 Å². The molecule has 1 heterocycles. The van der Waals surface area contributed by atoms with E-state index in [9.17, 15) is 22.7 Å². The van der Waals surface area contributed by atoms with Gasteiger partial charge in [-0.2, -0.15) is 22.5 Å². The number of benzene rings is 1. The number of hydrogen-bond donors (Lipinski definition) is 1. The fourth-order valence-electron chi connectivity index (χ4n) is 1.69. The minimum atomic E-state index is -4.79. The van der Waals surface area contributed by atoms with E-state index in [1.54, 1.807) is 0 Å². The summed E-state index contributed by atoms with van der Waals surface area (Å²) < 4.78 is 60.6. The van der Waals surface area contributed by atoms with Gasteiger partial charge >= 0.3 is 6.18 Å². The first-order chi connectivity index (χ1) is 10.3. The SMILES string of the molecule is COc1cc(C(O)C(F)(F)F)ccc1Oc1cccc(F)n1. The van der Waals surface area contributed by atoms with Crippen molar-refractivity contribution in [1.82, 2.24) is 4.98 Å². The lowest BCUT2D eigenvalue weighted by atomic mass is 10.1. The summed E-state index contributed by atoms with van der Waals surface area (Å²) in [5.41, 5.74) is -0.399. The Morgan fingerprint density at radius 1 is 1.14 bits per heavy atom. The van der Waals surface area contributed by atoms with E-state index in [2.05, 4.69) is 4.98 Å². The van der Waals surface area contributed by atoms with Gasteiger partial charge in [-0.15, -0.1) is 0 Å². The predicted molar refractivity (Wildman–Crippen MR) is 68.3 cm³/mol. The lowest BCUT2D eigenvalue weighted by Gasteiger charge is -2.17. The smallest absolute Gasteiger partial charge is 0.418 e. The standard InChI is InChI=1S/C14H11F4NO3/c1-21-10-7-8(13(20)14(16,17)18)5-6-9(10)22-12-4-2-3-11(15)19-12/h2-7,13,20H,1H3. The van der Waals surface area contributed by atoms with Crippen LogP contribution in [0.5, 0.6) is 17.4 Å². The average molecular weight is 317 g/mol. The molecule has 0 radical (unpaired) electrons. The van der Waals surface area contributed by atoms with Gasteiger partial charge in [-0.3, -0.25) is 0 Å². The number of halogens is 4. The first-order valence-corrected chi connectivity index (χ1v) is 6.04. The molecular weight excluding hydrogens is 306 g/mol. The molecule has 0 fully saturated rings. The van der Waals surface area contributed by atoms with Crippen LogP contribution in [0.1, 0.15) is 11.7 Å². The summed E-state index contributed by atoms with van der Waals surface area (Å²) in [6, 6.07) is 7.07. The van der Waals surface area contributed by atoms with Gasteiger partial charge in [0.2, 0.25) is 11.8 Å². The molecule has 1 aromatic carbocycles. The molecule has 2 rings (SSSR count). The minimum Gasteiger partial charge on any atom is -0.493 e. The van der Waals surface area contributed by atoms with Crippen LogP contribution in [0.25, 0.3) is 0 Å². The van der Waals surface area contributed by atoms with Crippen molar-refractivity contribution in [2.24, 2.45) is 0 Å². The molecule has 0 spiro atoms. The molecule has 1 aromatic heterocycles. The van der Waals surface area contributed by atoms with Crippen molar-refractivity contribution in [3.63, 3.8) is 0 Å². The van der Waals surface area contributed by atoms with Crippen LogP contribution in [0.2, 0.25) is 0 Å². The van der Waals surface area contributed by atoms with Gasteiger partial charge in [-0.1, -0.05) is 12.1 Å². The lowest BCUT2D eigenvalue weighted by molar-refractivity contribution is -0.206. The van der Waals surface area contributed by atoms with Crippen LogP contribution >= 0.6 is 0 Å². The van der Waals surface area contributed by atoms with E-state index in [0.717, 1.165) is 18.2 Å². The summed E-state index contributed by atoms with van der Waals surface area (Å²) in [5, 5.41) is 9.21. The minimum absolute atomic E-state index is 0.0405. The summed E-state index contributed by atoms with van der Waals surface area (Å²) in [7, 11) is 1.23. The summed E-state index contributed by atoms with van der Waals surface area (Å²) >= 11 is 0. The fourth-order valence-corrected chi connectivity index (χ4v) is 1.69. The summed E-state index contributed by atoms with van der Waals surface area (Å²) in [4.78, 5) is 3.47.